The summed E-state index contributed by atoms with van der Waals surface area (Å²) in [7, 11) is 0. The van der Waals surface area contributed by atoms with Gasteiger partial charge in [0.25, 0.3) is 0 Å². The molecule has 0 radical (unpaired) electrons. The first kappa shape index (κ1) is 76.1. The summed E-state index contributed by atoms with van der Waals surface area (Å²) in [5, 5.41) is 0. The van der Waals surface area contributed by atoms with Crippen molar-refractivity contribution in [2.45, 2.75) is 374 Å². The van der Waals surface area contributed by atoms with Crippen molar-refractivity contribution in [3.8, 4) is 0 Å². The van der Waals surface area contributed by atoms with Crippen LogP contribution >= 0.6 is 0 Å². The van der Waals surface area contributed by atoms with E-state index in [-0.39, 0.29) is 31.1 Å². The fourth-order valence-electron chi connectivity index (χ4n) is 10.4. The molecule has 0 aliphatic heterocycles. The van der Waals surface area contributed by atoms with Crippen LogP contribution in [-0.4, -0.2) is 37.2 Å². The number of ether oxygens (including phenoxy) is 3. The summed E-state index contributed by atoms with van der Waals surface area (Å²) in [5.74, 6) is -0.859. The van der Waals surface area contributed by atoms with E-state index in [1.54, 1.807) is 0 Å². The Morgan fingerprint density at radius 3 is 0.772 bits per heavy atom. The van der Waals surface area contributed by atoms with Crippen molar-refractivity contribution in [2.75, 3.05) is 13.2 Å². The Balaban J connectivity index is 4.14. The summed E-state index contributed by atoms with van der Waals surface area (Å²) in [5.41, 5.74) is 0. The Bertz CT molecular complexity index is 1410. The van der Waals surface area contributed by atoms with Crippen LogP contribution in [0.15, 0.2) is 60.8 Å². The fourth-order valence-corrected chi connectivity index (χ4v) is 10.4. The average molecular weight is 1110 g/mol. The minimum Gasteiger partial charge on any atom is -0.462 e. The summed E-state index contributed by atoms with van der Waals surface area (Å²) in [6.07, 6.45) is 86.9. The zero-order valence-electron chi connectivity index (χ0n) is 52.9. The molecular formula is C73H132O6. The van der Waals surface area contributed by atoms with Gasteiger partial charge < -0.3 is 14.2 Å². The van der Waals surface area contributed by atoms with Crippen molar-refractivity contribution in [1.29, 1.82) is 0 Å². The summed E-state index contributed by atoms with van der Waals surface area (Å²) >= 11 is 0. The molecule has 6 nitrogen and oxygen atoms in total. The van der Waals surface area contributed by atoms with E-state index in [9.17, 15) is 14.4 Å². The van der Waals surface area contributed by atoms with Gasteiger partial charge in [-0.1, -0.05) is 345 Å². The van der Waals surface area contributed by atoms with Crippen LogP contribution in [-0.2, 0) is 28.6 Å². The first-order valence-corrected chi connectivity index (χ1v) is 34.8. The molecule has 1 atom stereocenters. The van der Waals surface area contributed by atoms with Gasteiger partial charge in [0.1, 0.15) is 13.2 Å². The van der Waals surface area contributed by atoms with Crippen LogP contribution in [0.2, 0.25) is 0 Å². The second-order valence-electron chi connectivity index (χ2n) is 23.4. The molecule has 0 aromatic heterocycles. The summed E-state index contributed by atoms with van der Waals surface area (Å²) in [6, 6.07) is 0. The van der Waals surface area contributed by atoms with Gasteiger partial charge in [-0.15, -0.1) is 0 Å². The largest absolute Gasteiger partial charge is 0.462 e. The van der Waals surface area contributed by atoms with E-state index in [0.717, 1.165) is 96.3 Å². The lowest BCUT2D eigenvalue weighted by Crippen LogP contribution is -2.30. The van der Waals surface area contributed by atoms with Gasteiger partial charge >= 0.3 is 17.9 Å². The smallest absolute Gasteiger partial charge is 0.306 e. The van der Waals surface area contributed by atoms with Crippen LogP contribution < -0.4 is 0 Å². The second kappa shape index (κ2) is 67.6. The Kier molecular flexibility index (Phi) is 65.1. The van der Waals surface area contributed by atoms with Crippen LogP contribution in [0.5, 0.6) is 0 Å². The van der Waals surface area contributed by atoms with E-state index in [4.69, 9.17) is 14.2 Å². The molecule has 0 aromatic rings. The second-order valence-corrected chi connectivity index (χ2v) is 23.4. The van der Waals surface area contributed by atoms with E-state index < -0.39 is 6.10 Å². The number of rotatable bonds is 64. The van der Waals surface area contributed by atoms with Crippen molar-refractivity contribution in [2.24, 2.45) is 0 Å². The molecule has 1 unspecified atom stereocenters. The summed E-state index contributed by atoms with van der Waals surface area (Å²) < 4.78 is 16.9. The Labute approximate surface area is 491 Å². The van der Waals surface area contributed by atoms with Gasteiger partial charge in [0.05, 0.1) is 0 Å². The molecule has 0 aromatic carbocycles. The van der Waals surface area contributed by atoms with Crippen LogP contribution in [0.25, 0.3) is 0 Å². The highest BCUT2D eigenvalue weighted by Gasteiger charge is 2.19. The highest BCUT2D eigenvalue weighted by Crippen LogP contribution is 2.18. The lowest BCUT2D eigenvalue weighted by molar-refractivity contribution is -0.167. The van der Waals surface area contributed by atoms with E-state index in [2.05, 4.69) is 81.5 Å². The molecule has 0 fully saturated rings. The molecule has 0 amide bonds. The van der Waals surface area contributed by atoms with Crippen LogP contribution in [0.1, 0.15) is 367 Å². The van der Waals surface area contributed by atoms with E-state index in [1.165, 1.54) is 231 Å². The topological polar surface area (TPSA) is 78.9 Å². The minimum absolute atomic E-state index is 0.0717. The lowest BCUT2D eigenvalue weighted by Gasteiger charge is -2.18. The fraction of sp³-hybridized carbons (Fsp3) is 0.822. The zero-order valence-corrected chi connectivity index (χ0v) is 52.9. The van der Waals surface area contributed by atoms with Gasteiger partial charge in [-0.25, -0.2) is 0 Å². The van der Waals surface area contributed by atoms with E-state index in [0.29, 0.717) is 19.3 Å². The number of unbranched alkanes of at least 4 members (excludes halogenated alkanes) is 43. The number of allylic oxidation sites excluding steroid dienone is 10. The number of esters is 3. The predicted molar refractivity (Wildman–Crippen MR) is 344 cm³/mol. The van der Waals surface area contributed by atoms with Crippen molar-refractivity contribution in [1.82, 2.24) is 0 Å². The molecule has 0 rings (SSSR count). The molecule has 0 saturated heterocycles. The molecular weight excluding hydrogens is 973 g/mol. The molecule has 0 N–H and O–H groups in total. The number of carbonyl (C=O) groups is 3. The Morgan fingerprint density at radius 1 is 0.266 bits per heavy atom. The van der Waals surface area contributed by atoms with E-state index >= 15 is 0 Å². The molecule has 0 aliphatic rings. The van der Waals surface area contributed by atoms with Crippen molar-refractivity contribution in [3.05, 3.63) is 60.8 Å². The summed E-state index contributed by atoms with van der Waals surface area (Å²) in [4.78, 5) is 38.3. The molecule has 460 valence electrons. The third kappa shape index (κ3) is 65.8. The first-order valence-electron chi connectivity index (χ1n) is 34.8. The highest BCUT2D eigenvalue weighted by atomic mass is 16.6. The van der Waals surface area contributed by atoms with Crippen molar-refractivity contribution >= 4 is 17.9 Å². The van der Waals surface area contributed by atoms with Gasteiger partial charge in [-0.2, -0.15) is 0 Å². The molecule has 6 heteroatoms. The molecule has 0 heterocycles. The maximum atomic E-state index is 12.9. The quantitative estimate of drug-likeness (QED) is 0.0261. The normalized spacial score (nSPS) is 12.4. The van der Waals surface area contributed by atoms with Crippen molar-refractivity contribution in [3.63, 3.8) is 0 Å². The Morgan fingerprint density at radius 2 is 0.494 bits per heavy atom. The average Bonchev–Trinajstić information content (AvgIpc) is 3.45. The van der Waals surface area contributed by atoms with Crippen LogP contribution in [0, 0.1) is 0 Å². The van der Waals surface area contributed by atoms with Crippen molar-refractivity contribution < 1.29 is 28.6 Å². The van der Waals surface area contributed by atoms with Gasteiger partial charge in [0.2, 0.25) is 0 Å². The standard InChI is InChI=1S/C73H132O6/c1-4-7-10-13-16-19-21-23-25-27-29-31-33-35-36-38-39-41-43-45-47-49-51-54-57-60-63-66-72(75)78-69-70(68-77-71(74)65-62-59-56-53-18-15-12-9-6-3)79-73(76)67-64-61-58-55-52-50-48-46-44-42-40-37-34-32-30-28-26-24-22-20-17-14-11-8-5-2/h8,11,17,20,24,26,30,32,37,40,70H,4-7,9-10,12-16,18-19,21-23,25,27-29,31,33-36,38-39,41-69H2,1-3H3/b11-8-,20-17-,26-24-,32-30-,40-37-. The third-order valence-corrected chi connectivity index (χ3v) is 15.5. The van der Waals surface area contributed by atoms with Gasteiger partial charge in [0.15, 0.2) is 6.10 Å². The molecule has 79 heavy (non-hydrogen) atoms. The number of carbonyl (C=O) groups excluding carboxylic acids is 3. The monoisotopic (exact) mass is 1110 g/mol. The Hall–Kier alpha value is -2.89. The lowest BCUT2D eigenvalue weighted by atomic mass is 10.0. The molecule has 0 saturated carbocycles. The number of hydrogen-bond donors (Lipinski definition) is 0. The predicted octanol–water partition coefficient (Wildman–Crippen LogP) is 23.9. The maximum Gasteiger partial charge on any atom is 0.306 e. The summed E-state index contributed by atoms with van der Waals surface area (Å²) in [6.45, 7) is 6.56. The number of hydrogen-bond acceptors (Lipinski definition) is 6. The van der Waals surface area contributed by atoms with Crippen LogP contribution in [0.3, 0.4) is 0 Å². The van der Waals surface area contributed by atoms with Gasteiger partial charge in [0, 0.05) is 19.3 Å². The van der Waals surface area contributed by atoms with Gasteiger partial charge in [-0.3, -0.25) is 14.4 Å². The first-order chi connectivity index (χ1) is 39.0. The van der Waals surface area contributed by atoms with Gasteiger partial charge in [-0.05, 0) is 64.2 Å². The zero-order chi connectivity index (χ0) is 57.1. The van der Waals surface area contributed by atoms with E-state index in [1.807, 2.05) is 0 Å². The molecule has 0 bridgehead atoms. The van der Waals surface area contributed by atoms with Crippen LogP contribution in [0.4, 0.5) is 0 Å². The minimum atomic E-state index is -0.775. The molecule has 0 spiro atoms. The third-order valence-electron chi connectivity index (χ3n) is 15.5. The molecule has 0 aliphatic carbocycles. The highest BCUT2D eigenvalue weighted by molar-refractivity contribution is 5.71. The SMILES string of the molecule is CC/C=C\C/C=C\C/C=C\C/C=C\C/C=C\CCCCCCCCCCCC(=O)OC(COC(=O)CCCCCCCCCCC)COC(=O)CCCCCCCCCCCCCCCCCCCCCCCCCCCCC. The maximum absolute atomic E-state index is 12.9.